The number of carboxylic acids is 1. The predicted molar refractivity (Wildman–Crippen MR) is 43.6 cm³/mol. The molecule has 0 aliphatic carbocycles. The molecule has 0 spiro atoms. The molecule has 62 valence electrons. The Balaban J connectivity index is 2.28. The van der Waals surface area contributed by atoms with Crippen molar-refractivity contribution in [3.63, 3.8) is 0 Å². The number of hydrogen-bond acceptors (Lipinski definition) is 3. The van der Waals surface area contributed by atoms with Crippen LogP contribution < -0.4 is 0 Å². The lowest BCUT2D eigenvalue weighted by atomic mass is 10.4. The van der Waals surface area contributed by atoms with Crippen molar-refractivity contribution in [3.05, 3.63) is 24.0 Å². The summed E-state index contributed by atoms with van der Waals surface area (Å²) in [5, 5.41) is 8.76. The smallest absolute Gasteiger partial charge is 0.352 e. The van der Waals surface area contributed by atoms with Gasteiger partial charge in [-0.25, -0.2) is 9.79 Å². The van der Waals surface area contributed by atoms with E-state index >= 15 is 0 Å². The molecule has 4 heteroatoms. The zero-order chi connectivity index (χ0) is 8.55. The van der Waals surface area contributed by atoms with Crippen LogP contribution in [-0.2, 0) is 4.79 Å². The van der Waals surface area contributed by atoms with Gasteiger partial charge in [-0.15, -0.1) is 0 Å². The van der Waals surface area contributed by atoms with Crippen LogP contribution in [0.1, 0.15) is 6.42 Å². The van der Waals surface area contributed by atoms with Crippen molar-refractivity contribution in [1.29, 1.82) is 0 Å². The van der Waals surface area contributed by atoms with Gasteiger partial charge in [0, 0.05) is 19.2 Å². The van der Waals surface area contributed by atoms with Gasteiger partial charge in [0.15, 0.2) is 0 Å². The molecule has 0 radical (unpaired) electrons. The molecule has 4 nitrogen and oxygen atoms in total. The fourth-order valence-corrected chi connectivity index (χ4v) is 1.37. The number of carbonyl (C=O) groups is 1. The third-order valence-corrected chi connectivity index (χ3v) is 1.92. The zero-order valence-electron chi connectivity index (χ0n) is 6.40. The lowest BCUT2D eigenvalue weighted by molar-refractivity contribution is -0.133. The summed E-state index contributed by atoms with van der Waals surface area (Å²) in [7, 11) is 0. The standard InChI is InChI=1S/C8H8N2O2/c11-8(12)6-2-3-7-9-4-1-5-10(6)7/h1-2,4H,3,5H2,(H,11,12). The fourth-order valence-electron chi connectivity index (χ4n) is 1.37. The van der Waals surface area contributed by atoms with Crippen molar-refractivity contribution in [1.82, 2.24) is 4.90 Å². The molecule has 0 aromatic rings. The summed E-state index contributed by atoms with van der Waals surface area (Å²) in [6.45, 7) is 0.622. The molecule has 0 unspecified atom stereocenters. The van der Waals surface area contributed by atoms with Crippen LogP contribution in [0.15, 0.2) is 29.0 Å². The molecule has 0 atom stereocenters. The Morgan fingerprint density at radius 2 is 2.50 bits per heavy atom. The Hall–Kier alpha value is -1.58. The first kappa shape index (κ1) is 7.09. The van der Waals surface area contributed by atoms with Crippen LogP contribution in [0.2, 0.25) is 0 Å². The van der Waals surface area contributed by atoms with Gasteiger partial charge in [0.2, 0.25) is 0 Å². The van der Waals surface area contributed by atoms with Crippen molar-refractivity contribution in [2.45, 2.75) is 6.42 Å². The maximum Gasteiger partial charge on any atom is 0.352 e. The number of aliphatic imine (C=N–C) groups is 1. The molecule has 2 aliphatic rings. The average Bonchev–Trinajstić information content (AvgIpc) is 2.47. The lowest BCUT2D eigenvalue weighted by Gasteiger charge is -2.20. The topological polar surface area (TPSA) is 52.9 Å². The van der Waals surface area contributed by atoms with E-state index in [-0.39, 0.29) is 0 Å². The minimum Gasteiger partial charge on any atom is -0.477 e. The average molecular weight is 164 g/mol. The number of amidine groups is 1. The summed E-state index contributed by atoms with van der Waals surface area (Å²) in [6, 6.07) is 0. The number of carboxylic acid groups (broad SMARTS) is 1. The molecule has 2 heterocycles. The second-order valence-electron chi connectivity index (χ2n) is 2.64. The Kier molecular flexibility index (Phi) is 1.46. The Morgan fingerprint density at radius 1 is 1.67 bits per heavy atom. The molecule has 0 saturated heterocycles. The Labute approximate surface area is 69.5 Å². The van der Waals surface area contributed by atoms with Gasteiger partial charge >= 0.3 is 5.97 Å². The monoisotopic (exact) mass is 164 g/mol. The first-order chi connectivity index (χ1) is 5.79. The molecule has 2 aliphatic heterocycles. The van der Waals surface area contributed by atoms with Crippen LogP contribution in [0.4, 0.5) is 0 Å². The van der Waals surface area contributed by atoms with Gasteiger partial charge in [-0.1, -0.05) is 0 Å². The van der Waals surface area contributed by atoms with Crippen LogP contribution in [0.5, 0.6) is 0 Å². The van der Waals surface area contributed by atoms with E-state index in [0.717, 1.165) is 5.84 Å². The summed E-state index contributed by atoms with van der Waals surface area (Å²) in [5.41, 5.74) is 0.345. The highest BCUT2D eigenvalue weighted by Gasteiger charge is 2.26. The van der Waals surface area contributed by atoms with Crippen molar-refractivity contribution in [2.75, 3.05) is 6.54 Å². The van der Waals surface area contributed by atoms with E-state index in [0.29, 0.717) is 18.7 Å². The van der Waals surface area contributed by atoms with Gasteiger partial charge in [0.1, 0.15) is 11.5 Å². The maximum atomic E-state index is 10.7. The molecule has 0 saturated carbocycles. The number of aliphatic carboxylic acids is 1. The van der Waals surface area contributed by atoms with Crippen LogP contribution in [0.25, 0.3) is 0 Å². The Morgan fingerprint density at radius 3 is 3.25 bits per heavy atom. The van der Waals surface area contributed by atoms with Crippen LogP contribution in [0, 0.1) is 0 Å². The molecular formula is C8H8N2O2. The molecule has 0 aromatic carbocycles. The third-order valence-electron chi connectivity index (χ3n) is 1.92. The maximum absolute atomic E-state index is 10.7. The van der Waals surface area contributed by atoms with Gasteiger partial charge in [-0.3, -0.25) is 0 Å². The summed E-state index contributed by atoms with van der Waals surface area (Å²) >= 11 is 0. The molecule has 0 amide bonds. The number of rotatable bonds is 1. The Bertz CT molecular complexity index is 315. The van der Waals surface area contributed by atoms with Gasteiger partial charge in [-0.2, -0.15) is 0 Å². The molecule has 0 bridgehead atoms. The molecule has 12 heavy (non-hydrogen) atoms. The molecule has 1 N–H and O–H groups in total. The second-order valence-corrected chi connectivity index (χ2v) is 2.64. The SMILES string of the molecule is O=C(O)C1=CCC2=NC=CCN12. The van der Waals surface area contributed by atoms with Crippen molar-refractivity contribution >= 4 is 11.8 Å². The van der Waals surface area contributed by atoms with E-state index in [2.05, 4.69) is 4.99 Å². The minimum atomic E-state index is -0.879. The summed E-state index contributed by atoms with van der Waals surface area (Å²) in [5.74, 6) is -0.0506. The highest BCUT2D eigenvalue weighted by Crippen LogP contribution is 2.19. The summed E-state index contributed by atoms with van der Waals surface area (Å²) in [4.78, 5) is 16.4. The molecule has 2 rings (SSSR count). The fraction of sp³-hybridized carbons (Fsp3) is 0.250. The van der Waals surface area contributed by atoms with Crippen LogP contribution in [-0.4, -0.2) is 28.4 Å². The lowest BCUT2D eigenvalue weighted by Crippen LogP contribution is -2.30. The van der Waals surface area contributed by atoms with Crippen LogP contribution in [0.3, 0.4) is 0 Å². The third kappa shape index (κ3) is 0.922. The first-order valence-electron chi connectivity index (χ1n) is 3.72. The van der Waals surface area contributed by atoms with E-state index in [1.807, 2.05) is 6.08 Å². The van der Waals surface area contributed by atoms with Gasteiger partial charge in [0.05, 0.1) is 0 Å². The molecular weight excluding hydrogens is 156 g/mol. The van der Waals surface area contributed by atoms with Crippen molar-refractivity contribution in [3.8, 4) is 0 Å². The number of fused-ring (bicyclic) bond motifs is 1. The predicted octanol–water partition coefficient (Wildman–Crippen LogP) is 0.586. The van der Waals surface area contributed by atoms with Crippen molar-refractivity contribution < 1.29 is 9.90 Å². The van der Waals surface area contributed by atoms with E-state index in [9.17, 15) is 4.79 Å². The minimum absolute atomic E-state index is 0.345. The van der Waals surface area contributed by atoms with E-state index in [4.69, 9.17) is 5.11 Å². The van der Waals surface area contributed by atoms with E-state index in [1.54, 1.807) is 17.2 Å². The largest absolute Gasteiger partial charge is 0.477 e. The van der Waals surface area contributed by atoms with E-state index in [1.165, 1.54) is 0 Å². The van der Waals surface area contributed by atoms with Crippen molar-refractivity contribution in [2.24, 2.45) is 4.99 Å². The summed E-state index contributed by atoms with van der Waals surface area (Å²) < 4.78 is 0. The number of nitrogens with zero attached hydrogens (tertiary/aromatic N) is 2. The normalized spacial score (nSPS) is 20.2. The van der Waals surface area contributed by atoms with Gasteiger partial charge < -0.3 is 10.0 Å². The van der Waals surface area contributed by atoms with Crippen LogP contribution >= 0.6 is 0 Å². The number of hydrogen-bond donors (Lipinski definition) is 1. The van der Waals surface area contributed by atoms with Gasteiger partial charge in [0.25, 0.3) is 0 Å². The zero-order valence-corrected chi connectivity index (χ0v) is 6.40. The quantitative estimate of drug-likeness (QED) is 0.617. The highest BCUT2D eigenvalue weighted by molar-refractivity contribution is 5.99. The van der Waals surface area contributed by atoms with E-state index < -0.39 is 5.97 Å². The molecule has 0 aromatic heterocycles. The molecule has 0 fully saturated rings. The summed E-state index contributed by atoms with van der Waals surface area (Å²) in [6.07, 6.45) is 5.87. The first-order valence-corrected chi connectivity index (χ1v) is 3.72. The van der Waals surface area contributed by atoms with Gasteiger partial charge in [-0.05, 0) is 12.2 Å². The second kappa shape index (κ2) is 2.48. The highest BCUT2D eigenvalue weighted by atomic mass is 16.4.